The molecule has 2 heteroatoms. The van der Waals surface area contributed by atoms with Crippen LogP contribution in [-0.4, -0.2) is 6.04 Å². The van der Waals surface area contributed by atoms with Gasteiger partial charge in [0.1, 0.15) is 11.3 Å². The molecule has 0 radical (unpaired) electrons. The molecule has 0 spiro atoms. The van der Waals surface area contributed by atoms with E-state index < -0.39 is 0 Å². The van der Waals surface area contributed by atoms with Gasteiger partial charge in [0.2, 0.25) is 0 Å². The van der Waals surface area contributed by atoms with E-state index in [0.29, 0.717) is 0 Å². The Morgan fingerprint density at radius 3 is 2.61 bits per heavy atom. The number of rotatable bonds is 4. The van der Waals surface area contributed by atoms with Crippen molar-refractivity contribution in [2.75, 3.05) is 0 Å². The number of fused-ring (bicyclic) bond motifs is 1. The van der Waals surface area contributed by atoms with E-state index in [1.54, 1.807) is 0 Å². The molecule has 18 heavy (non-hydrogen) atoms. The molecule has 2 aromatic rings. The zero-order valence-corrected chi connectivity index (χ0v) is 11.5. The molecule has 1 aromatic carbocycles. The molecule has 1 saturated carbocycles. The Balaban J connectivity index is 2.01. The van der Waals surface area contributed by atoms with Crippen molar-refractivity contribution in [2.45, 2.75) is 52.6 Å². The predicted octanol–water partition coefficient (Wildman–Crippen LogP) is 3.86. The summed E-state index contributed by atoms with van der Waals surface area (Å²) in [5, 5.41) is 4.84. The highest BCUT2D eigenvalue weighted by atomic mass is 16.3. The molecule has 1 heterocycles. The molecule has 2 nitrogen and oxygen atoms in total. The monoisotopic (exact) mass is 243 g/mol. The maximum atomic E-state index is 6.04. The lowest BCUT2D eigenvalue weighted by Gasteiger charge is -2.02. The Hall–Kier alpha value is -1.28. The van der Waals surface area contributed by atoms with Crippen molar-refractivity contribution in [1.82, 2.24) is 5.32 Å². The van der Waals surface area contributed by atoms with Crippen molar-refractivity contribution in [3.8, 4) is 0 Å². The van der Waals surface area contributed by atoms with E-state index >= 15 is 0 Å². The lowest BCUT2D eigenvalue weighted by Crippen LogP contribution is -2.15. The minimum atomic E-state index is 0.728. The molecule has 1 aliphatic carbocycles. The lowest BCUT2D eigenvalue weighted by atomic mass is 10.0. The van der Waals surface area contributed by atoms with Crippen LogP contribution in [0.2, 0.25) is 0 Å². The third kappa shape index (κ3) is 2.05. The van der Waals surface area contributed by atoms with Gasteiger partial charge < -0.3 is 9.73 Å². The fourth-order valence-corrected chi connectivity index (χ4v) is 2.51. The Kier molecular flexibility index (Phi) is 2.90. The van der Waals surface area contributed by atoms with Gasteiger partial charge in [0.25, 0.3) is 0 Å². The van der Waals surface area contributed by atoms with Crippen LogP contribution in [-0.2, 0) is 13.0 Å². The highest BCUT2D eigenvalue weighted by Gasteiger charge is 2.22. The fourth-order valence-electron chi connectivity index (χ4n) is 2.51. The number of hydrogen-bond donors (Lipinski definition) is 1. The number of benzene rings is 1. The van der Waals surface area contributed by atoms with Gasteiger partial charge in [-0.05, 0) is 56.4 Å². The quantitative estimate of drug-likeness (QED) is 0.882. The van der Waals surface area contributed by atoms with E-state index in [2.05, 4.69) is 38.2 Å². The summed E-state index contributed by atoms with van der Waals surface area (Å²) in [4.78, 5) is 0. The highest BCUT2D eigenvalue weighted by molar-refractivity contribution is 5.83. The van der Waals surface area contributed by atoms with Gasteiger partial charge in [0.15, 0.2) is 0 Å². The third-order valence-electron chi connectivity index (χ3n) is 3.97. The molecule has 1 N–H and O–H groups in total. The first kappa shape index (κ1) is 11.8. The Morgan fingerprint density at radius 1 is 1.22 bits per heavy atom. The molecule has 1 aromatic heterocycles. The highest BCUT2D eigenvalue weighted by Crippen LogP contribution is 2.29. The van der Waals surface area contributed by atoms with Crippen LogP contribution in [0.4, 0.5) is 0 Å². The summed E-state index contributed by atoms with van der Waals surface area (Å²) in [6.07, 6.45) is 3.68. The maximum absolute atomic E-state index is 6.04. The van der Waals surface area contributed by atoms with Crippen LogP contribution in [0.3, 0.4) is 0 Å². The Morgan fingerprint density at radius 2 is 1.94 bits per heavy atom. The van der Waals surface area contributed by atoms with E-state index in [0.717, 1.165) is 30.4 Å². The van der Waals surface area contributed by atoms with Crippen LogP contribution in [0.15, 0.2) is 16.5 Å². The molecule has 0 atom stereocenters. The second-order valence-electron chi connectivity index (χ2n) is 5.45. The summed E-state index contributed by atoms with van der Waals surface area (Å²) in [6.45, 7) is 7.40. The van der Waals surface area contributed by atoms with Gasteiger partial charge in [-0.1, -0.05) is 6.92 Å². The molecule has 1 fully saturated rings. The first-order valence-electron chi connectivity index (χ1n) is 6.94. The number of aryl methyl sites for hydroxylation is 3. The average molecular weight is 243 g/mol. The van der Waals surface area contributed by atoms with Crippen molar-refractivity contribution < 1.29 is 4.42 Å². The fraction of sp³-hybridized carbons (Fsp3) is 0.500. The summed E-state index contributed by atoms with van der Waals surface area (Å²) in [5.41, 5.74) is 5.07. The average Bonchev–Trinajstić information content (AvgIpc) is 3.11. The molecular weight excluding hydrogens is 222 g/mol. The predicted molar refractivity (Wildman–Crippen MR) is 74.9 cm³/mol. The molecule has 0 aliphatic heterocycles. The second kappa shape index (κ2) is 4.43. The van der Waals surface area contributed by atoms with Crippen molar-refractivity contribution >= 4 is 11.0 Å². The van der Waals surface area contributed by atoms with Crippen molar-refractivity contribution in [1.29, 1.82) is 0 Å². The summed E-state index contributed by atoms with van der Waals surface area (Å²) in [6, 6.07) is 5.17. The van der Waals surface area contributed by atoms with Gasteiger partial charge in [-0.25, -0.2) is 0 Å². The van der Waals surface area contributed by atoms with E-state index in [-0.39, 0.29) is 0 Å². The summed E-state index contributed by atoms with van der Waals surface area (Å²) in [7, 11) is 0. The van der Waals surface area contributed by atoms with Crippen LogP contribution in [0.5, 0.6) is 0 Å². The zero-order valence-electron chi connectivity index (χ0n) is 11.5. The minimum absolute atomic E-state index is 0.728. The zero-order chi connectivity index (χ0) is 12.7. The normalized spacial score (nSPS) is 15.5. The smallest absolute Gasteiger partial charge is 0.134 e. The van der Waals surface area contributed by atoms with Gasteiger partial charge >= 0.3 is 0 Å². The topological polar surface area (TPSA) is 25.2 Å². The van der Waals surface area contributed by atoms with Gasteiger partial charge in [0, 0.05) is 17.0 Å². The number of hydrogen-bond acceptors (Lipinski definition) is 2. The second-order valence-corrected chi connectivity index (χ2v) is 5.45. The van der Waals surface area contributed by atoms with Crippen LogP contribution in [0.25, 0.3) is 11.0 Å². The van der Waals surface area contributed by atoms with Crippen molar-refractivity contribution in [3.63, 3.8) is 0 Å². The molecule has 0 saturated heterocycles. The van der Waals surface area contributed by atoms with Gasteiger partial charge in [-0.15, -0.1) is 0 Å². The summed E-state index contributed by atoms with van der Waals surface area (Å²) in [5.74, 6) is 1.13. The van der Waals surface area contributed by atoms with Crippen LogP contribution in [0, 0.1) is 13.8 Å². The number of furan rings is 1. The molecule has 0 amide bonds. The molecule has 0 unspecified atom stereocenters. The molecular formula is C16H21NO. The summed E-state index contributed by atoms with van der Waals surface area (Å²) < 4.78 is 6.04. The molecule has 0 bridgehead atoms. The van der Waals surface area contributed by atoms with Crippen LogP contribution < -0.4 is 5.32 Å². The van der Waals surface area contributed by atoms with E-state index in [1.807, 2.05) is 0 Å². The first-order valence-corrected chi connectivity index (χ1v) is 6.94. The molecule has 1 aliphatic rings. The Labute approximate surface area is 108 Å². The standard InChI is InChI=1S/C16H21NO/c1-4-13-14-7-10(2)11(3)8-15(14)18-16(13)9-17-12-5-6-12/h7-8,12,17H,4-6,9H2,1-3H3. The van der Waals surface area contributed by atoms with Gasteiger partial charge in [-0.2, -0.15) is 0 Å². The van der Waals surface area contributed by atoms with E-state index in [9.17, 15) is 0 Å². The van der Waals surface area contributed by atoms with Crippen LogP contribution in [0.1, 0.15) is 42.2 Å². The van der Waals surface area contributed by atoms with Crippen molar-refractivity contribution in [3.05, 3.63) is 34.6 Å². The van der Waals surface area contributed by atoms with E-state index in [4.69, 9.17) is 4.42 Å². The van der Waals surface area contributed by atoms with Gasteiger partial charge in [-0.3, -0.25) is 0 Å². The lowest BCUT2D eigenvalue weighted by molar-refractivity contribution is 0.507. The summed E-state index contributed by atoms with van der Waals surface area (Å²) >= 11 is 0. The van der Waals surface area contributed by atoms with Crippen molar-refractivity contribution in [2.24, 2.45) is 0 Å². The third-order valence-corrected chi connectivity index (χ3v) is 3.97. The van der Waals surface area contributed by atoms with Crippen LogP contribution >= 0.6 is 0 Å². The first-order chi connectivity index (χ1) is 8.69. The maximum Gasteiger partial charge on any atom is 0.134 e. The molecule has 3 rings (SSSR count). The largest absolute Gasteiger partial charge is 0.459 e. The minimum Gasteiger partial charge on any atom is -0.459 e. The Bertz CT molecular complexity index is 578. The van der Waals surface area contributed by atoms with Gasteiger partial charge in [0.05, 0.1) is 6.54 Å². The number of nitrogens with one attached hydrogen (secondary N) is 1. The SMILES string of the molecule is CCc1c(CNC2CC2)oc2cc(C)c(C)cc12. The molecule has 96 valence electrons. The van der Waals surface area contributed by atoms with E-state index in [1.165, 1.54) is 34.9 Å².